The van der Waals surface area contributed by atoms with E-state index in [1.807, 2.05) is 23.1 Å². The molecule has 4 rings (SSSR count). The van der Waals surface area contributed by atoms with Crippen LogP contribution in [0.25, 0.3) is 0 Å². The average Bonchev–Trinajstić information content (AvgIpc) is 3.39. The maximum Gasteiger partial charge on any atom is 0.270 e. The van der Waals surface area contributed by atoms with Gasteiger partial charge < -0.3 is 9.47 Å². The molecular weight excluding hydrogens is 388 g/mol. The number of rotatable bonds is 5. The number of hydrogen-bond donors (Lipinski definition) is 0. The van der Waals surface area contributed by atoms with E-state index < -0.39 is 10.0 Å². The SMILES string of the molecule is Cn1cc(S(=O)(=O)N2CCCC2)cc1C(=O)N1CCN(Cc2ccccc2)CC1. The van der Waals surface area contributed by atoms with Gasteiger partial charge in [0.15, 0.2) is 0 Å². The van der Waals surface area contributed by atoms with E-state index in [-0.39, 0.29) is 10.8 Å². The Morgan fingerprint density at radius 1 is 0.966 bits per heavy atom. The molecule has 29 heavy (non-hydrogen) atoms. The summed E-state index contributed by atoms with van der Waals surface area (Å²) in [6.07, 6.45) is 3.35. The predicted octanol–water partition coefficient (Wildman–Crippen LogP) is 1.77. The van der Waals surface area contributed by atoms with Crippen molar-refractivity contribution in [3.8, 4) is 0 Å². The zero-order valence-corrected chi connectivity index (χ0v) is 17.6. The summed E-state index contributed by atoms with van der Waals surface area (Å²) in [6, 6.07) is 11.9. The first-order valence-electron chi connectivity index (χ1n) is 10.2. The summed E-state index contributed by atoms with van der Waals surface area (Å²) in [7, 11) is -1.78. The molecule has 2 aromatic rings. The molecule has 0 radical (unpaired) electrons. The highest BCUT2D eigenvalue weighted by Gasteiger charge is 2.31. The second-order valence-corrected chi connectivity index (χ2v) is 9.78. The van der Waals surface area contributed by atoms with Gasteiger partial charge in [-0.3, -0.25) is 9.69 Å². The van der Waals surface area contributed by atoms with Crippen LogP contribution < -0.4 is 0 Å². The van der Waals surface area contributed by atoms with E-state index in [1.165, 1.54) is 15.9 Å². The zero-order valence-electron chi connectivity index (χ0n) is 16.8. The molecule has 0 saturated carbocycles. The smallest absolute Gasteiger partial charge is 0.270 e. The van der Waals surface area contributed by atoms with E-state index in [0.29, 0.717) is 31.9 Å². The van der Waals surface area contributed by atoms with E-state index in [4.69, 9.17) is 0 Å². The number of nitrogens with zero attached hydrogens (tertiary/aromatic N) is 4. The van der Waals surface area contributed by atoms with Gasteiger partial charge in [0.05, 0.1) is 0 Å². The van der Waals surface area contributed by atoms with Crippen molar-refractivity contribution < 1.29 is 13.2 Å². The molecule has 0 N–H and O–H groups in total. The molecule has 156 valence electrons. The molecule has 8 heteroatoms. The summed E-state index contributed by atoms with van der Waals surface area (Å²) < 4.78 is 28.7. The van der Waals surface area contributed by atoms with E-state index in [1.54, 1.807) is 17.8 Å². The minimum atomic E-state index is -3.51. The number of carbonyl (C=O) groups is 1. The fourth-order valence-electron chi connectivity index (χ4n) is 4.08. The van der Waals surface area contributed by atoms with Crippen LogP contribution in [0.4, 0.5) is 0 Å². The molecule has 2 fully saturated rings. The fraction of sp³-hybridized carbons (Fsp3) is 0.476. The van der Waals surface area contributed by atoms with Gasteiger partial charge in [0.25, 0.3) is 5.91 Å². The Morgan fingerprint density at radius 3 is 2.28 bits per heavy atom. The van der Waals surface area contributed by atoms with Crippen molar-refractivity contribution in [1.82, 2.24) is 18.7 Å². The zero-order chi connectivity index (χ0) is 20.4. The summed E-state index contributed by atoms with van der Waals surface area (Å²) >= 11 is 0. The van der Waals surface area contributed by atoms with Crippen molar-refractivity contribution in [3.05, 3.63) is 53.9 Å². The molecule has 7 nitrogen and oxygen atoms in total. The monoisotopic (exact) mass is 416 g/mol. The van der Waals surface area contributed by atoms with Gasteiger partial charge >= 0.3 is 0 Å². The second-order valence-electron chi connectivity index (χ2n) is 7.84. The number of piperazine rings is 1. The summed E-state index contributed by atoms with van der Waals surface area (Å²) in [5.41, 5.74) is 1.70. The number of aryl methyl sites for hydroxylation is 1. The first kappa shape index (κ1) is 20.1. The third-order valence-corrected chi connectivity index (χ3v) is 7.67. The number of amides is 1. The Morgan fingerprint density at radius 2 is 1.62 bits per heavy atom. The van der Waals surface area contributed by atoms with Crippen LogP contribution in [0.1, 0.15) is 28.9 Å². The molecule has 2 aliphatic rings. The largest absolute Gasteiger partial charge is 0.345 e. The van der Waals surface area contributed by atoms with Gasteiger partial charge in [-0.15, -0.1) is 0 Å². The van der Waals surface area contributed by atoms with Crippen LogP contribution in [0.2, 0.25) is 0 Å². The lowest BCUT2D eigenvalue weighted by molar-refractivity contribution is 0.0619. The van der Waals surface area contributed by atoms with E-state index in [9.17, 15) is 13.2 Å². The molecule has 3 heterocycles. The number of hydrogen-bond acceptors (Lipinski definition) is 4. The minimum absolute atomic E-state index is 0.102. The third kappa shape index (κ3) is 4.24. The summed E-state index contributed by atoms with van der Waals surface area (Å²) in [6.45, 7) is 4.91. The maximum absolute atomic E-state index is 13.0. The van der Waals surface area contributed by atoms with Crippen LogP contribution in [0, 0.1) is 0 Å². The lowest BCUT2D eigenvalue weighted by Gasteiger charge is -2.34. The Hall–Kier alpha value is -2.16. The Kier molecular flexibility index (Phi) is 5.76. The third-order valence-electron chi connectivity index (χ3n) is 5.81. The summed E-state index contributed by atoms with van der Waals surface area (Å²) in [5.74, 6) is -0.102. The topological polar surface area (TPSA) is 65.9 Å². The van der Waals surface area contributed by atoms with Gasteiger partial charge in [-0.2, -0.15) is 4.31 Å². The molecule has 0 unspecified atom stereocenters. The lowest BCUT2D eigenvalue weighted by Crippen LogP contribution is -2.48. The van der Waals surface area contributed by atoms with Crippen molar-refractivity contribution in [2.24, 2.45) is 7.05 Å². The number of carbonyl (C=O) groups excluding carboxylic acids is 1. The predicted molar refractivity (Wildman–Crippen MR) is 111 cm³/mol. The van der Waals surface area contributed by atoms with E-state index in [2.05, 4.69) is 17.0 Å². The van der Waals surface area contributed by atoms with Gasteiger partial charge in [0.2, 0.25) is 10.0 Å². The number of sulfonamides is 1. The van der Waals surface area contributed by atoms with Crippen LogP contribution in [0.3, 0.4) is 0 Å². The van der Waals surface area contributed by atoms with Crippen molar-refractivity contribution in [3.63, 3.8) is 0 Å². The summed E-state index contributed by atoms with van der Waals surface area (Å²) in [4.78, 5) is 17.4. The van der Waals surface area contributed by atoms with Crippen molar-refractivity contribution in [2.45, 2.75) is 24.3 Å². The van der Waals surface area contributed by atoms with Gasteiger partial charge in [-0.25, -0.2) is 8.42 Å². The van der Waals surface area contributed by atoms with Crippen LogP contribution in [0.5, 0.6) is 0 Å². The van der Waals surface area contributed by atoms with Gasteiger partial charge in [-0.1, -0.05) is 30.3 Å². The van der Waals surface area contributed by atoms with Crippen molar-refractivity contribution in [2.75, 3.05) is 39.3 Å². The molecule has 1 amide bonds. The Labute approximate surface area is 172 Å². The van der Waals surface area contributed by atoms with Crippen LogP contribution in [0.15, 0.2) is 47.5 Å². The molecule has 0 atom stereocenters. The highest BCUT2D eigenvalue weighted by molar-refractivity contribution is 7.89. The van der Waals surface area contributed by atoms with Gasteiger partial charge in [0.1, 0.15) is 10.6 Å². The molecule has 2 saturated heterocycles. The highest BCUT2D eigenvalue weighted by atomic mass is 32.2. The molecule has 1 aromatic heterocycles. The number of benzene rings is 1. The van der Waals surface area contributed by atoms with E-state index in [0.717, 1.165) is 32.5 Å². The normalized spacial score (nSPS) is 19.0. The quantitative estimate of drug-likeness (QED) is 0.745. The summed E-state index contributed by atoms with van der Waals surface area (Å²) in [5, 5.41) is 0. The Balaban J connectivity index is 1.41. The average molecular weight is 417 g/mol. The molecular formula is C21H28N4O3S. The van der Waals surface area contributed by atoms with Gasteiger partial charge in [0, 0.05) is 59.1 Å². The van der Waals surface area contributed by atoms with Crippen LogP contribution >= 0.6 is 0 Å². The highest BCUT2D eigenvalue weighted by Crippen LogP contribution is 2.23. The standard InChI is InChI=1S/C21H28N4O3S/c1-22-17-19(29(27,28)25-9-5-6-10-25)15-20(22)21(26)24-13-11-23(12-14-24)16-18-7-3-2-4-8-18/h2-4,7-8,15,17H,5-6,9-14,16H2,1H3. The van der Waals surface area contributed by atoms with Crippen LogP contribution in [-0.4, -0.2) is 72.3 Å². The minimum Gasteiger partial charge on any atom is -0.345 e. The molecule has 2 aliphatic heterocycles. The first-order chi connectivity index (χ1) is 13.9. The molecule has 0 spiro atoms. The molecule has 1 aromatic carbocycles. The Bertz CT molecular complexity index is 957. The van der Waals surface area contributed by atoms with Crippen molar-refractivity contribution >= 4 is 15.9 Å². The fourth-order valence-corrected chi connectivity index (χ4v) is 5.67. The molecule has 0 bridgehead atoms. The maximum atomic E-state index is 13.0. The molecule has 0 aliphatic carbocycles. The van der Waals surface area contributed by atoms with Crippen LogP contribution in [-0.2, 0) is 23.6 Å². The second kappa shape index (κ2) is 8.30. The number of aromatic nitrogens is 1. The van der Waals surface area contributed by atoms with E-state index >= 15 is 0 Å². The van der Waals surface area contributed by atoms with Gasteiger partial charge in [-0.05, 0) is 24.5 Å². The van der Waals surface area contributed by atoms with Crippen molar-refractivity contribution in [1.29, 1.82) is 0 Å². The lowest BCUT2D eigenvalue weighted by atomic mass is 10.2. The first-order valence-corrected chi connectivity index (χ1v) is 11.6.